The summed E-state index contributed by atoms with van der Waals surface area (Å²) in [5.74, 6) is 0.464. The molecule has 0 aliphatic carbocycles. The van der Waals surface area contributed by atoms with Gasteiger partial charge in [-0.25, -0.2) is 4.98 Å². The molecule has 0 saturated heterocycles. The molecule has 1 heterocycles. The molecule has 0 atom stereocenters. The number of aromatic hydroxyl groups is 2. The van der Waals surface area contributed by atoms with E-state index in [1.165, 1.54) is 12.1 Å². The van der Waals surface area contributed by atoms with E-state index in [0.29, 0.717) is 34.3 Å². The van der Waals surface area contributed by atoms with E-state index in [-0.39, 0.29) is 27.8 Å². The highest BCUT2D eigenvalue weighted by Crippen LogP contribution is 2.33. The van der Waals surface area contributed by atoms with E-state index < -0.39 is 0 Å². The number of pyridine rings is 1. The predicted molar refractivity (Wildman–Crippen MR) is 112 cm³/mol. The highest BCUT2D eigenvalue weighted by molar-refractivity contribution is 6.32. The SMILES string of the molecule is CCCc1nc(Oc2ccc(Cl)cc2)ccc1/C(=N\O)c1cc(O)c(Cl)cc1O. The molecule has 150 valence electrons. The Labute approximate surface area is 177 Å². The van der Waals surface area contributed by atoms with Crippen LogP contribution in [0.25, 0.3) is 0 Å². The lowest BCUT2D eigenvalue weighted by Gasteiger charge is -2.14. The number of phenolic OH excluding ortho intramolecular Hbond substituents is 2. The number of oxime groups is 1. The van der Waals surface area contributed by atoms with E-state index in [4.69, 9.17) is 27.9 Å². The molecule has 0 aliphatic rings. The summed E-state index contributed by atoms with van der Waals surface area (Å²) in [6, 6.07) is 12.6. The van der Waals surface area contributed by atoms with Crippen molar-refractivity contribution >= 4 is 28.9 Å². The molecular formula is C21H18Cl2N2O4. The zero-order valence-corrected chi connectivity index (χ0v) is 16.9. The van der Waals surface area contributed by atoms with Gasteiger partial charge in [-0.2, -0.15) is 0 Å². The number of aromatic nitrogens is 1. The molecule has 0 radical (unpaired) electrons. The molecule has 29 heavy (non-hydrogen) atoms. The van der Waals surface area contributed by atoms with Crippen LogP contribution in [0.4, 0.5) is 0 Å². The Balaban J connectivity index is 2.01. The van der Waals surface area contributed by atoms with E-state index in [2.05, 4.69) is 10.1 Å². The summed E-state index contributed by atoms with van der Waals surface area (Å²) >= 11 is 11.7. The van der Waals surface area contributed by atoms with Crippen molar-refractivity contribution in [3.8, 4) is 23.1 Å². The van der Waals surface area contributed by atoms with Crippen molar-refractivity contribution in [1.82, 2.24) is 4.98 Å². The highest BCUT2D eigenvalue weighted by Gasteiger charge is 2.19. The molecule has 6 nitrogen and oxygen atoms in total. The Morgan fingerprint density at radius 3 is 2.38 bits per heavy atom. The second kappa shape index (κ2) is 9.03. The molecule has 0 unspecified atom stereocenters. The topological polar surface area (TPSA) is 95.2 Å². The second-order valence-corrected chi connectivity index (χ2v) is 7.06. The van der Waals surface area contributed by atoms with Crippen molar-refractivity contribution in [3.63, 3.8) is 0 Å². The number of aryl methyl sites for hydroxylation is 1. The lowest BCUT2D eigenvalue weighted by molar-refractivity contribution is 0.319. The molecule has 1 aromatic heterocycles. The van der Waals surface area contributed by atoms with Crippen LogP contribution >= 0.6 is 23.2 Å². The molecule has 3 rings (SSSR count). The Morgan fingerprint density at radius 1 is 1.00 bits per heavy atom. The fraction of sp³-hybridized carbons (Fsp3) is 0.143. The zero-order chi connectivity index (χ0) is 21.0. The van der Waals surface area contributed by atoms with Gasteiger partial charge < -0.3 is 20.2 Å². The number of hydrogen-bond donors (Lipinski definition) is 3. The first kappa shape index (κ1) is 20.8. The summed E-state index contributed by atoms with van der Waals surface area (Å²) in [6.07, 6.45) is 1.35. The van der Waals surface area contributed by atoms with Gasteiger partial charge >= 0.3 is 0 Å². The molecule has 3 aromatic rings. The quantitative estimate of drug-likeness (QED) is 0.199. The van der Waals surface area contributed by atoms with Gasteiger partial charge in [0.15, 0.2) is 0 Å². The molecule has 2 aromatic carbocycles. The van der Waals surface area contributed by atoms with Gasteiger partial charge in [0.05, 0.1) is 10.7 Å². The van der Waals surface area contributed by atoms with Crippen LogP contribution < -0.4 is 4.74 Å². The number of rotatable bonds is 6. The molecule has 0 spiro atoms. The molecule has 0 bridgehead atoms. The number of phenols is 2. The minimum Gasteiger partial charge on any atom is -0.507 e. The molecule has 8 heteroatoms. The van der Waals surface area contributed by atoms with Crippen molar-refractivity contribution in [3.05, 3.63) is 75.4 Å². The third kappa shape index (κ3) is 4.72. The first-order valence-electron chi connectivity index (χ1n) is 8.80. The van der Waals surface area contributed by atoms with Crippen LogP contribution in [-0.4, -0.2) is 26.1 Å². The summed E-state index contributed by atoms with van der Waals surface area (Å²) in [7, 11) is 0. The van der Waals surface area contributed by atoms with E-state index in [0.717, 1.165) is 6.42 Å². The van der Waals surface area contributed by atoms with Crippen LogP contribution in [-0.2, 0) is 6.42 Å². The molecule has 3 N–H and O–H groups in total. The normalized spacial score (nSPS) is 11.5. The number of hydrogen-bond acceptors (Lipinski definition) is 6. The predicted octanol–water partition coefficient (Wildman–Crippen LogP) is 5.77. The van der Waals surface area contributed by atoms with E-state index in [1.807, 2.05) is 6.92 Å². The van der Waals surface area contributed by atoms with Crippen LogP contribution in [0.5, 0.6) is 23.1 Å². The van der Waals surface area contributed by atoms with Crippen molar-refractivity contribution in [2.45, 2.75) is 19.8 Å². The van der Waals surface area contributed by atoms with Crippen LogP contribution in [0.3, 0.4) is 0 Å². The number of ether oxygens (including phenoxy) is 1. The zero-order valence-electron chi connectivity index (χ0n) is 15.4. The molecule has 0 aliphatic heterocycles. The van der Waals surface area contributed by atoms with Crippen molar-refractivity contribution in [2.24, 2.45) is 5.16 Å². The average Bonchev–Trinajstić information content (AvgIpc) is 2.70. The first-order valence-corrected chi connectivity index (χ1v) is 9.56. The molecule has 0 saturated carbocycles. The third-order valence-corrected chi connectivity index (χ3v) is 4.70. The van der Waals surface area contributed by atoms with Crippen molar-refractivity contribution in [1.29, 1.82) is 0 Å². The average molecular weight is 433 g/mol. The monoisotopic (exact) mass is 432 g/mol. The smallest absolute Gasteiger partial charge is 0.219 e. The standard InChI is InChI=1S/C21H18Cl2N2O4/c1-2-3-17-14(21(25-28)15-10-19(27)16(23)11-18(15)26)8-9-20(24-17)29-13-6-4-12(22)5-7-13/h4-11,26-28H,2-3H2,1H3/b25-21+. The second-order valence-electron chi connectivity index (χ2n) is 6.22. The van der Waals surface area contributed by atoms with Gasteiger partial charge in [-0.1, -0.05) is 41.7 Å². The van der Waals surface area contributed by atoms with Crippen LogP contribution in [0.2, 0.25) is 10.0 Å². The summed E-state index contributed by atoms with van der Waals surface area (Å²) < 4.78 is 5.77. The number of benzene rings is 2. The highest BCUT2D eigenvalue weighted by atomic mass is 35.5. The van der Waals surface area contributed by atoms with Gasteiger partial charge in [0, 0.05) is 28.3 Å². The Hall–Kier alpha value is -2.96. The largest absolute Gasteiger partial charge is 0.507 e. The van der Waals surface area contributed by atoms with Gasteiger partial charge in [0.2, 0.25) is 5.88 Å². The van der Waals surface area contributed by atoms with Crippen LogP contribution in [0, 0.1) is 0 Å². The van der Waals surface area contributed by atoms with Gasteiger partial charge in [-0.05, 0) is 42.8 Å². The van der Waals surface area contributed by atoms with E-state index in [1.54, 1.807) is 36.4 Å². The fourth-order valence-electron chi connectivity index (χ4n) is 2.80. The van der Waals surface area contributed by atoms with Crippen molar-refractivity contribution < 1.29 is 20.2 Å². The van der Waals surface area contributed by atoms with Crippen LogP contribution in [0.15, 0.2) is 53.7 Å². The maximum absolute atomic E-state index is 10.2. The minimum absolute atomic E-state index is 0.0119. The summed E-state index contributed by atoms with van der Waals surface area (Å²) in [5, 5.41) is 33.7. The lowest BCUT2D eigenvalue weighted by atomic mass is 9.98. The van der Waals surface area contributed by atoms with Gasteiger partial charge in [-0.15, -0.1) is 0 Å². The van der Waals surface area contributed by atoms with Gasteiger partial charge in [-0.3, -0.25) is 0 Å². The first-order chi connectivity index (χ1) is 13.9. The number of halogens is 2. The van der Waals surface area contributed by atoms with Crippen molar-refractivity contribution in [2.75, 3.05) is 0 Å². The maximum Gasteiger partial charge on any atom is 0.219 e. The Kier molecular flexibility index (Phi) is 6.46. The molecular weight excluding hydrogens is 415 g/mol. The van der Waals surface area contributed by atoms with Crippen LogP contribution in [0.1, 0.15) is 30.2 Å². The Morgan fingerprint density at radius 2 is 1.72 bits per heavy atom. The third-order valence-electron chi connectivity index (χ3n) is 4.15. The van der Waals surface area contributed by atoms with E-state index >= 15 is 0 Å². The van der Waals surface area contributed by atoms with Gasteiger partial charge in [0.25, 0.3) is 0 Å². The summed E-state index contributed by atoms with van der Waals surface area (Å²) in [6.45, 7) is 1.99. The van der Waals surface area contributed by atoms with E-state index in [9.17, 15) is 15.4 Å². The lowest BCUT2D eigenvalue weighted by Crippen LogP contribution is -2.10. The maximum atomic E-state index is 10.2. The number of nitrogens with zero attached hydrogens (tertiary/aromatic N) is 2. The Bertz CT molecular complexity index is 1050. The fourth-order valence-corrected chi connectivity index (χ4v) is 3.08. The molecule has 0 amide bonds. The summed E-state index contributed by atoms with van der Waals surface area (Å²) in [5.41, 5.74) is 1.29. The minimum atomic E-state index is -0.242. The summed E-state index contributed by atoms with van der Waals surface area (Å²) in [4.78, 5) is 4.53. The molecule has 0 fully saturated rings. The van der Waals surface area contributed by atoms with Gasteiger partial charge in [0.1, 0.15) is 23.0 Å².